The zero-order valence-electron chi connectivity index (χ0n) is 5.74. The van der Waals surface area contributed by atoms with Gasteiger partial charge in [-0.05, 0) is 0 Å². The number of rotatable bonds is 0. The van der Waals surface area contributed by atoms with Gasteiger partial charge < -0.3 is 18.1 Å². The van der Waals surface area contributed by atoms with E-state index in [1.54, 1.807) is 0 Å². The molecule has 0 aromatic heterocycles. The van der Waals surface area contributed by atoms with Crippen LogP contribution in [0.1, 0.15) is 2.85 Å². The minimum Gasteiger partial charge on any atom is -1.00 e. The third-order valence-corrected chi connectivity index (χ3v) is 0. The second kappa shape index (κ2) is 22.7. The predicted octanol–water partition coefficient (Wildman–Crippen LogP) is -1.62. The van der Waals surface area contributed by atoms with Gasteiger partial charge in [-0.3, -0.25) is 4.57 Å². The van der Waals surface area contributed by atoms with Crippen molar-refractivity contribution in [3.05, 3.63) is 0 Å². The molecule has 0 aromatic rings. The standard InChI is InChI=1S/Ca.Fe.Mn.H3O3P.H2O.2H/c;;;1-4(2)3;;;/h;;;4H,(H2,1,2,3);1H2;;/q+2;;;;;2*-1. The summed E-state index contributed by atoms with van der Waals surface area (Å²) in [6, 6.07) is 0. The zero-order chi connectivity index (χ0) is 3.58. The van der Waals surface area contributed by atoms with Crippen LogP contribution in [-0.4, -0.2) is 53.0 Å². The second-order valence-electron chi connectivity index (χ2n) is 0.283. The minimum absolute atomic E-state index is 0. The van der Waals surface area contributed by atoms with E-state index in [1.165, 1.54) is 0 Å². The molecule has 0 fully saturated rings. The molecule has 0 aliphatic heterocycles. The van der Waals surface area contributed by atoms with Crippen molar-refractivity contribution in [1.29, 1.82) is 0 Å². The van der Waals surface area contributed by atoms with Crippen molar-refractivity contribution < 1.29 is 56.8 Å². The van der Waals surface area contributed by atoms with E-state index in [1.807, 2.05) is 0 Å². The second-order valence-corrected chi connectivity index (χ2v) is 0.848. The Labute approximate surface area is 102 Å². The van der Waals surface area contributed by atoms with Crippen LogP contribution in [0.3, 0.4) is 0 Å². The van der Waals surface area contributed by atoms with Crippen LogP contribution in [0.5, 0.6) is 0 Å². The molecule has 0 aromatic carbocycles. The van der Waals surface area contributed by atoms with Crippen molar-refractivity contribution in [2.45, 2.75) is 0 Å². The maximum absolute atomic E-state index is 8.74. The van der Waals surface area contributed by atoms with E-state index in [-0.39, 0.29) is 80.2 Å². The van der Waals surface area contributed by atoms with Crippen molar-refractivity contribution in [1.82, 2.24) is 0 Å². The van der Waals surface area contributed by atoms with Gasteiger partial charge in [0.2, 0.25) is 0 Å². The molecule has 0 saturated carbocycles. The van der Waals surface area contributed by atoms with E-state index in [0.717, 1.165) is 0 Å². The zero-order valence-corrected chi connectivity index (χ0v) is 9.23. The van der Waals surface area contributed by atoms with E-state index in [2.05, 4.69) is 0 Å². The molecule has 4 nitrogen and oxygen atoms in total. The van der Waals surface area contributed by atoms with Gasteiger partial charge in [-0.1, -0.05) is 0 Å². The SMILES string of the molecule is O.O=[PH](O)O.[Ca+2].[Fe].[H-].[H-].[Mn]. The molecule has 4 N–H and O–H groups in total. The molecular weight excluding hydrogens is 246 g/mol. The average Bonchev–Trinajstić information content (AvgIpc) is 0.811. The topological polar surface area (TPSA) is 89.0 Å². The largest absolute Gasteiger partial charge is 2.00 e. The van der Waals surface area contributed by atoms with Gasteiger partial charge in [-0.15, -0.1) is 0 Å². The maximum Gasteiger partial charge on any atom is 2.00 e. The summed E-state index contributed by atoms with van der Waals surface area (Å²) in [6.07, 6.45) is 0. The van der Waals surface area contributed by atoms with Crippen LogP contribution in [0.15, 0.2) is 0 Å². The molecule has 8 heteroatoms. The fraction of sp³-hybridized carbons (Fsp3) is 0. The summed E-state index contributed by atoms with van der Waals surface area (Å²) in [6.45, 7) is 0. The molecule has 0 saturated heterocycles. The van der Waals surface area contributed by atoms with Crippen molar-refractivity contribution in [3.63, 3.8) is 0 Å². The first kappa shape index (κ1) is 31.5. The molecule has 0 amide bonds. The normalized spacial score (nSPS) is 4.38. The molecule has 0 atom stereocenters. The molecule has 0 unspecified atom stereocenters. The van der Waals surface area contributed by atoms with Gasteiger partial charge in [0.15, 0.2) is 0 Å². The summed E-state index contributed by atoms with van der Waals surface area (Å²) in [5.74, 6) is 0. The van der Waals surface area contributed by atoms with Gasteiger partial charge in [0.25, 0.3) is 0 Å². The fourth-order valence-corrected chi connectivity index (χ4v) is 0. The first-order valence-electron chi connectivity index (χ1n) is 0.651. The molecule has 0 rings (SSSR count). The summed E-state index contributed by atoms with van der Waals surface area (Å²) < 4.78 is 8.74. The van der Waals surface area contributed by atoms with Gasteiger partial charge in [0.1, 0.15) is 0 Å². The number of hydrogen-bond acceptors (Lipinski definition) is 1. The molecule has 0 heterocycles. The Morgan fingerprint density at radius 3 is 1.38 bits per heavy atom. The molecule has 53 valence electrons. The van der Waals surface area contributed by atoms with E-state index in [4.69, 9.17) is 14.4 Å². The Kier molecular flexibility index (Phi) is 89.5. The van der Waals surface area contributed by atoms with Crippen molar-refractivity contribution in [2.24, 2.45) is 0 Å². The van der Waals surface area contributed by atoms with Gasteiger partial charge in [-0.2, -0.15) is 0 Å². The van der Waals surface area contributed by atoms with E-state index in [9.17, 15) is 0 Å². The van der Waals surface area contributed by atoms with Gasteiger partial charge in [0.05, 0.1) is 0 Å². The Hall–Kier alpha value is 2.41. The van der Waals surface area contributed by atoms with Gasteiger partial charge >= 0.3 is 46.0 Å². The van der Waals surface area contributed by atoms with E-state index < -0.39 is 8.25 Å². The van der Waals surface area contributed by atoms with Crippen LogP contribution in [0.4, 0.5) is 0 Å². The van der Waals surface area contributed by atoms with Crippen LogP contribution in [0.25, 0.3) is 0 Å². The summed E-state index contributed by atoms with van der Waals surface area (Å²) in [5.41, 5.74) is 0. The first-order chi connectivity index (χ1) is 1.73. The predicted molar refractivity (Wildman–Crippen MR) is 25.0 cm³/mol. The molecule has 0 aliphatic carbocycles. The van der Waals surface area contributed by atoms with Crippen molar-refractivity contribution in [2.75, 3.05) is 0 Å². The van der Waals surface area contributed by atoms with Crippen LogP contribution >= 0.6 is 8.25 Å². The molecule has 0 aliphatic rings. The molecule has 1 radical (unpaired) electrons. The monoisotopic (exact) mass is 253 g/mol. The Bertz CT molecular complexity index is 46.2. The van der Waals surface area contributed by atoms with Crippen molar-refractivity contribution in [3.8, 4) is 0 Å². The van der Waals surface area contributed by atoms with Crippen LogP contribution < -0.4 is 0 Å². The van der Waals surface area contributed by atoms with E-state index >= 15 is 0 Å². The average molecular weight is 253 g/mol. The van der Waals surface area contributed by atoms with Crippen LogP contribution in [0.2, 0.25) is 0 Å². The Morgan fingerprint density at radius 1 is 1.38 bits per heavy atom. The molecule has 0 bridgehead atoms. The fourth-order valence-electron chi connectivity index (χ4n) is 0. The minimum atomic E-state index is -3.13. The van der Waals surface area contributed by atoms with Crippen LogP contribution in [-0.2, 0) is 38.7 Å². The summed E-state index contributed by atoms with van der Waals surface area (Å²) in [4.78, 5) is 14.3. The number of hydrogen-bond donors (Lipinski definition) is 2. The van der Waals surface area contributed by atoms with Crippen LogP contribution in [0, 0.1) is 0 Å². The molecule has 0 spiro atoms. The summed E-state index contributed by atoms with van der Waals surface area (Å²) in [5, 5.41) is 0. The Balaban J connectivity index is -0.00000000300. The Morgan fingerprint density at radius 2 is 1.38 bits per heavy atom. The molecule has 8 heavy (non-hydrogen) atoms. The third-order valence-electron chi connectivity index (χ3n) is 0. The van der Waals surface area contributed by atoms with Crippen molar-refractivity contribution >= 4 is 46.0 Å². The third kappa shape index (κ3) is 79.6. The quantitative estimate of drug-likeness (QED) is 0.401. The van der Waals surface area contributed by atoms with E-state index in [0.29, 0.717) is 0 Å². The van der Waals surface area contributed by atoms with Gasteiger partial charge in [-0.25, -0.2) is 0 Å². The van der Waals surface area contributed by atoms with Gasteiger partial charge in [0, 0.05) is 34.1 Å². The first-order valence-corrected chi connectivity index (χ1v) is 1.95. The maximum atomic E-state index is 8.74. The summed E-state index contributed by atoms with van der Waals surface area (Å²) in [7, 11) is -3.13. The summed E-state index contributed by atoms with van der Waals surface area (Å²) >= 11 is 0. The smallest absolute Gasteiger partial charge is 1.00 e. The molecular formula is H7CaFeMnO4P.